The molecule has 0 saturated carbocycles. The van der Waals surface area contributed by atoms with Crippen LogP contribution in [0, 0.1) is 5.92 Å². The molecule has 0 aromatic heterocycles. The molecule has 1 rings (SSSR count). The number of halogens is 1. The average Bonchev–Trinajstić information content (AvgIpc) is 2.71. The number of amides is 1. The quantitative estimate of drug-likeness (QED) is 0.603. The van der Waals surface area contributed by atoms with E-state index in [0.29, 0.717) is 4.83 Å². The molecule has 1 saturated heterocycles. The molecule has 1 heterocycles. The van der Waals surface area contributed by atoms with Crippen LogP contribution in [0.1, 0.15) is 39.5 Å². The molecule has 3 nitrogen and oxygen atoms in total. The van der Waals surface area contributed by atoms with Crippen molar-refractivity contribution in [1.29, 1.82) is 0 Å². The predicted molar refractivity (Wildman–Crippen MR) is 68.8 cm³/mol. The SMILES string of the molecule is CCC1OCCC1C(=O)NCCCC(C)Br. The Morgan fingerprint density at radius 2 is 2.38 bits per heavy atom. The van der Waals surface area contributed by atoms with Crippen molar-refractivity contribution >= 4 is 21.8 Å². The third kappa shape index (κ3) is 4.42. The number of carbonyl (C=O) groups excluding carboxylic acids is 1. The van der Waals surface area contributed by atoms with Gasteiger partial charge in [0.15, 0.2) is 0 Å². The average molecular weight is 292 g/mol. The molecule has 0 spiro atoms. The highest BCUT2D eigenvalue weighted by molar-refractivity contribution is 9.09. The minimum atomic E-state index is 0.0754. The van der Waals surface area contributed by atoms with Gasteiger partial charge in [-0.2, -0.15) is 0 Å². The van der Waals surface area contributed by atoms with Crippen molar-refractivity contribution in [3.05, 3.63) is 0 Å². The van der Waals surface area contributed by atoms with E-state index in [4.69, 9.17) is 4.74 Å². The van der Waals surface area contributed by atoms with E-state index < -0.39 is 0 Å². The summed E-state index contributed by atoms with van der Waals surface area (Å²) in [5, 5.41) is 3.00. The summed E-state index contributed by atoms with van der Waals surface area (Å²) >= 11 is 3.50. The van der Waals surface area contributed by atoms with Crippen LogP contribution in [0.5, 0.6) is 0 Å². The molecule has 1 N–H and O–H groups in total. The van der Waals surface area contributed by atoms with Crippen LogP contribution < -0.4 is 5.32 Å². The largest absolute Gasteiger partial charge is 0.377 e. The number of rotatable bonds is 6. The second-order valence-corrected chi connectivity index (χ2v) is 5.99. The summed E-state index contributed by atoms with van der Waals surface area (Å²) < 4.78 is 5.51. The number of ether oxygens (including phenoxy) is 1. The number of hydrogen-bond donors (Lipinski definition) is 1. The first kappa shape index (κ1) is 14.0. The van der Waals surface area contributed by atoms with Crippen LogP contribution in [0.4, 0.5) is 0 Å². The highest BCUT2D eigenvalue weighted by Crippen LogP contribution is 2.23. The van der Waals surface area contributed by atoms with Gasteiger partial charge in [0.25, 0.3) is 0 Å². The Morgan fingerprint density at radius 1 is 1.62 bits per heavy atom. The minimum absolute atomic E-state index is 0.0754. The first-order valence-electron chi connectivity index (χ1n) is 6.18. The molecule has 0 aliphatic carbocycles. The zero-order valence-electron chi connectivity index (χ0n) is 10.2. The van der Waals surface area contributed by atoms with E-state index in [1.807, 2.05) is 0 Å². The van der Waals surface area contributed by atoms with Gasteiger partial charge in [-0.15, -0.1) is 0 Å². The lowest BCUT2D eigenvalue weighted by atomic mass is 9.99. The van der Waals surface area contributed by atoms with E-state index >= 15 is 0 Å². The Balaban J connectivity index is 2.19. The molecule has 0 bridgehead atoms. The molecule has 1 amide bonds. The maximum absolute atomic E-state index is 11.9. The topological polar surface area (TPSA) is 38.3 Å². The van der Waals surface area contributed by atoms with E-state index in [-0.39, 0.29) is 17.9 Å². The van der Waals surface area contributed by atoms with E-state index in [2.05, 4.69) is 35.1 Å². The van der Waals surface area contributed by atoms with Gasteiger partial charge in [-0.25, -0.2) is 0 Å². The number of hydrogen-bond acceptors (Lipinski definition) is 2. The van der Waals surface area contributed by atoms with E-state index in [1.54, 1.807) is 0 Å². The maximum Gasteiger partial charge on any atom is 0.225 e. The van der Waals surface area contributed by atoms with Gasteiger partial charge >= 0.3 is 0 Å². The molecule has 4 heteroatoms. The normalized spacial score (nSPS) is 26.7. The molecular weight excluding hydrogens is 270 g/mol. The first-order chi connectivity index (χ1) is 7.65. The van der Waals surface area contributed by atoms with Gasteiger partial charge in [0.05, 0.1) is 12.0 Å². The molecule has 1 aliphatic rings. The molecule has 3 atom stereocenters. The molecule has 1 aliphatic heterocycles. The van der Waals surface area contributed by atoms with Crippen LogP contribution in [0.15, 0.2) is 0 Å². The van der Waals surface area contributed by atoms with Crippen molar-refractivity contribution < 1.29 is 9.53 Å². The lowest BCUT2D eigenvalue weighted by Gasteiger charge is -2.16. The predicted octanol–water partition coefficient (Wildman–Crippen LogP) is 2.48. The lowest BCUT2D eigenvalue weighted by Crippen LogP contribution is -2.35. The molecular formula is C12H22BrNO2. The summed E-state index contributed by atoms with van der Waals surface area (Å²) in [5.41, 5.74) is 0. The van der Waals surface area contributed by atoms with Gasteiger partial charge in [-0.1, -0.05) is 29.8 Å². The van der Waals surface area contributed by atoms with Gasteiger partial charge in [0.2, 0.25) is 5.91 Å². The summed E-state index contributed by atoms with van der Waals surface area (Å²) in [5.74, 6) is 0.248. The van der Waals surface area contributed by atoms with Crippen LogP contribution in [0.25, 0.3) is 0 Å². The molecule has 1 fully saturated rings. The fourth-order valence-corrected chi connectivity index (χ4v) is 2.40. The molecule has 0 aromatic carbocycles. The molecule has 94 valence electrons. The zero-order valence-corrected chi connectivity index (χ0v) is 11.8. The van der Waals surface area contributed by atoms with Gasteiger partial charge in [-0.3, -0.25) is 4.79 Å². The van der Waals surface area contributed by atoms with Crippen LogP contribution in [-0.4, -0.2) is 30.0 Å². The third-order valence-corrected chi connectivity index (χ3v) is 3.48. The molecule has 0 radical (unpaired) electrons. The highest BCUT2D eigenvalue weighted by atomic mass is 79.9. The van der Waals surface area contributed by atoms with Crippen molar-refractivity contribution in [2.45, 2.75) is 50.5 Å². The van der Waals surface area contributed by atoms with Crippen molar-refractivity contribution in [3.8, 4) is 0 Å². The van der Waals surface area contributed by atoms with Crippen molar-refractivity contribution in [2.24, 2.45) is 5.92 Å². The van der Waals surface area contributed by atoms with E-state index in [0.717, 1.165) is 38.8 Å². The Morgan fingerprint density at radius 3 is 3.00 bits per heavy atom. The maximum atomic E-state index is 11.9. The van der Waals surface area contributed by atoms with Crippen molar-refractivity contribution in [3.63, 3.8) is 0 Å². The standard InChI is InChI=1S/C12H22BrNO2/c1-3-11-10(6-8-16-11)12(15)14-7-4-5-9(2)13/h9-11H,3-8H2,1-2H3,(H,14,15). The Hall–Kier alpha value is -0.0900. The monoisotopic (exact) mass is 291 g/mol. The minimum Gasteiger partial charge on any atom is -0.377 e. The number of alkyl halides is 1. The molecule has 3 unspecified atom stereocenters. The zero-order chi connectivity index (χ0) is 12.0. The summed E-state index contributed by atoms with van der Waals surface area (Å²) in [6, 6.07) is 0. The van der Waals surface area contributed by atoms with Crippen LogP contribution in [0.2, 0.25) is 0 Å². The molecule has 0 aromatic rings. The van der Waals surface area contributed by atoms with Crippen molar-refractivity contribution in [2.75, 3.05) is 13.2 Å². The van der Waals surface area contributed by atoms with E-state index in [9.17, 15) is 4.79 Å². The van der Waals surface area contributed by atoms with Gasteiger partial charge in [0.1, 0.15) is 0 Å². The fourth-order valence-electron chi connectivity index (χ4n) is 2.08. The Bertz CT molecular complexity index is 221. The van der Waals surface area contributed by atoms with Gasteiger partial charge < -0.3 is 10.1 Å². The van der Waals surface area contributed by atoms with E-state index in [1.165, 1.54) is 0 Å². The highest BCUT2D eigenvalue weighted by Gasteiger charge is 2.32. The Kier molecular flexibility index (Phi) is 6.36. The summed E-state index contributed by atoms with van der Waals surface area (Å²) in [4.78, 5) is 12.4. The Labute approximate surface area is 106 Å². The number of nitrogens with one attached hydrogen (secondary N) is 1. The number of carbonyl (C=O) groups is 1. The molecule has 16 heavy (non-hydrogen) atoms. The van der Waals surface area contributed by atoms with Gasteiger partial charge in [0, 0.05) is 18.0 Å². The third-order valence-electron chi connectivity index (χ3n) is 3.03. The fraction of sp³-hybridized carbons (Fsp3) is 0.917. The van der Waals surface area contributed by atoms with Crippen LogP contribution in [0.3, 0.4) is 0 Å². The second kappa shape index (κ2) is 7.28. The summed E-state index contributed by atoms with van der Waals surface area (Å²) in [6.07, 6.45) is 4.06. The first-order valence-corrected chi connectivity index (χ1v) is 7.10. The van der Waals surface area contributed by atoms with Crippen LogP contribution >= 0.6 is 15.9 Å². The van der Waals surface area contributed by atoms with Crippen molar-refractivity contribution in [1.82, 2.24) is 5.32 Å². The van der Waals surface area contributed by atoms with Crippen LogP contribution in [-0.2, 0) is 9.53 Å². The summed E-state index contributed by atoms with van der Waals surface area (Å²) in [7, 11) is 0. The second-order valence-electron chi connectivity index (χ2n) is 4.43. The lowest BCUT2D eigenvalue weighted by molar-refractivity contribution is -0.126. The smallest absolute Gasteiger partial charge is 0.225 e. The summed E-state index contributed by atoms with van der Waals surface area (Å²) in [6.45, 7) is 5.71. The van der Waals surface area contributed by atoms with Gasteiger partial charge in [-0.05, 0) is 25.7 Å².